The summed E-state index contributed by atoms with van der Waals surface area (Å²) in [6.07, 6.45) is 3.42. The van der Waals surface area contributed by atoms with Gasteiger partial charge in [-0.15, -0.1) is 0 Å². The zero-order valence-electron chi connectivity index (χ0n) is 14.7. The molecule has 24 heavy (non-hydrogen) atoms. The molecule has 1 N–H and O–H groups in total. The summed E-state index contributed by atoms with van der Waals surface area (Å²) in [5.41, 5.74) is 4.44. The maximum absolute atomic E-state index is 9.94. The summed E-state index contributed by atoms with van der Waals surface area (Å²) in [4.78, 5) is 2.70. The molecule has 2 aromatic carbocycles. The van der Waals surface area contributed by atoms with E-state index < -0.39 is 0 Å². The number of nitrogens with zero attached hydrogens (tertiary/aromatic N) is 1. The number of benzene rings is 2. The Hall–Kier alpha value is -1.80. The van der Waals surface area contributed by atoms with E-state index in [-0.39, 0.29) is 5.41 Å². The second kappa shape index (κ2) is 5.93. The number of phenolic OH excluding ortho intramolecular Hbond substituents is 1. The van der Waals surface area contributed by atoms with E-state index >= 15 is 0 Å². The van der Waals surface area contributed by atoms with Gasteiger partial charge < -0.3 is 5.11 Å². The summed E-state index contributed by atoms with van der Waals surface area (Å²) >= 11 is 0. The number of likely N-dealkylation sites (tertiary alicyclic amines) is 1. The molecular formula is C22H27NO. The number of hydrogen-bond donors (Lipinski definition) is 1. The molecule has 0 spiro atoms. The highest BCUT2D eigenvalue weighted by atomic mass is 16.3. The summed E-state index contributed by atoms with van der Waals surface area (Å²) in [5.74, 6) is 1.03. The summed E-state index contributed by atoms with van der Waals surface area (Å²) < 4.78 is 0. The minimum absolute atomic E-state index is 0.195. The molecule has 1 aliphatic carbocycles. The van der Waals surface area contributed by atoms with Gasteiger partial charge in [-0.05, 0) is 66.0 Å². The van der Waals surface area contributed by atoms with Gasteiger partial charge in [-0.1, -0.05) is 50.2 Å². The van der Waals surface area contributed by atoms with Crippen LogP contribution < -0.4 is 0 Å². The van der Waals surface area contributed by atoms with Crippen molar-refractivity contribution in [2.45, 2.75) is 44.6 Å². The SMILES string of the molecule is C[C@H]1[C@@H]2Cc3ccc(O)cc3[C@@]1(C)CCN2CCc1ccccc1. The van der Waals surface area contributed by atoms with Crippen molar-refractivity contribution in [2.24, 2.45) is 5.92 Å². The summed E-state index contributed by atoms with van der Waals surface area (Å²) in [5, 5.41) is 9.94. The van der Waals surface area contributed by atoms with Crippen molar-refractivity contribution in [3.05, 3.63) is 65.2 Å². The molecule has 0 unspecified atom stereocenters. The molecule has 4 rings (SSSR count). The lowest BCUT2D eigenvalue weighted by Crippen LogP contribution is -2.58. The van der Waals surface area contributed by atoms with Crippen LogP contribution in [-0.2, 0) is 18.3 Å². The van der Waals surface area contributed by atoms with Crippen molar-refractivity contribution >= 4 is 0 Å². The lowest BCUT2D eigenvalue weighted by Gasteiger charge is -2.54. The molecule has 0 radical (unpaired) electrons. The van der Waals surface area contributed by atoms with E-state index in [0.717, 1.165) is 25.9 Å². The number of phenols is 1. The van der Waals surface area contributed by atoms with Crippen molar-refractivity contribution in [1.29, 1.82) is 0 Å². The molecule has 2 aliphatic rings. The van der Waals surface area contributed by atoms with Crippen LogP contribution in [0.25, 0.3) is 0 Å². The van der Waals surface area contributed by atoms with Gasteiger partial charge in [0.05, 0.1) is 0 Å². The Morgan fingerprint density at radius 2 is 1.96 bits per heavy atom. The molecule has 2 bridgehead atoms. The number of hydrogen-bond acceptors (Lipinski definition) is 2. The quantitative estimate of drug-likeness (QED) is 0.917. The summed E-state index contributed by atoms with van der Waals surface area (Å²) in [6, 6.07) is 17.4. The van der Waals surface area contributed by atoms with E-state index in [9.17, 15) is 5.11 Å². The van der Waals surface area contributed by atoms with Crippen LogP contribution in [0.4, 0.5) is 0 Å². The Bertz CT molecular complexity index is 726. The molecule has 2 heteroatoms. The second-order valence-electron chi connectivity index (χ2n) is 7.84. The van der Waals surface area contributed by atoms with Crippen molar-refractivity contribution in [2.75, 3.05) is 13.1 Å². The molecular weight excluding hydrogens is 294 g/mol. The van der Waals surface area contributed by atoms with E-state index in [0.29, 0.717) is 17.7 Å². The van der Waals surface area contributed by atoms with Crippen LogP contribution in [0.3, 0.4) is 0 Å². The fraction of sp³-hybridized carbons (Fsp3) is 0.455. The highest BCUT2D eigenvalue weighted by molar-refractivity contribution is 5.44. The van der Waals surface area contributed by atoms with Crippen LogP contribution in [0.1, 0.15) is 37.0 Å². The number of fused-ring (bicyclic) bond motifs is 4. The van der Waals surface area contributed by atoms with Gasteiger partial charge in [0, 0.05) is 12.6 Å². The van der Waals surface area contributed by atoms with Crippen molar-refractivity contribution < 1.29 is 5.11 Å². The molecule has 1 aliphatic heterocycles. The normalized spacial score (nSPS) is 29.2. The monoisotopic (exact) mass is 321 g/mol. The maximum atomic E-state index is 9.94. The third-order valence-electron chi connectivity index (χ3n) is 6.64. The first-order valence-corrected chi connectivity index (χ1v) is 9.18. The zero-order valence-corrected chi connectivity index (χ0v) is 14.7. The van der Waals surface area contributed by atoms with E-state index in [1.807, 2.05) is 12.1 Å². The van der Waals surface area contributed by atoms with Gasteiger partial charge >= 0.3 is 0 Å². The molecule has 1 heterocycles. The molecule has 126 valence electrons. The van der Waals surface area contributed by atoms with Gasteiger partial charge in [-0.3, -0.25) is 4.90 Å². The third kappa shape index (κ3) is 2.53. The number of piperidine rings is 1. The first-order valence-electron chi connectivity index (χ1n) is 9.18. The predicted octanol–water partition coefficient (Wildman–Crippen LogP) is 4.16. The predicted molar refractivity (Wildman–Crippen MR) is 98.5 cm³/mol. The van der Waals surface area contributed by atoms with Crippen molar-refractivity contribution in [1.82, 2.24) is 4.90 Å². The van der Waals surface area contributed by atoms with Crippen LogP contribution in [-0.4, -0.2) is 29.1 Å². The Morgan fingerprint density at radius 1 is 1.17 bits per heavy atom. The van der Waals surface area contributed by atoms with Crippen molar-refractivity contribution in [3.8, 4) is 5.75 Å². The highest BCUT2D eigenvalue weighted by Crippen LogP contribution is 2.49. The van der Waals surface area contributed by atoms with E-state index in [1.54, 1.807) is 0 Å². The standard InChI is InChI=1S/C22H27NO/c1-16-21-14-18-8-9-19(24)15-20(18)22(16,2)11-13-23(21)12-10-17-6-4-3-5-7-17/h3-9,15-16,21,24H,10-14H2,1-2H3/t16-,21-,22-/m0/s1. The molecule has 1 fully saturated rings. The number of aromatic hydroxyl groups is 1. The van der Waals surface area contributed by atoms with Gasteiger partial charge in [-0.2, -0.15) is 0 Å². The van der Waals surface area contributed by atoms with Gasteiger partial charge in [0.2, 0.25) is 0 Å². The summed E-state index contributed by atoms with van der Waals surface area (Å²) in [7, 11) is 0. The topological polar surface area (TPSA) is 23.5 Å². The fourth-order valence-electron chi connectivity index (χ4n) is 4.89. The third-order valence-corrected chi connectivity index (χ3v) is 6.64. The smallest absolute Gasteiger partial charge is 0.115 e. The van der Waals surface area contributed by atoms with E-state index in [4.69, 9.17) is 0 Å². The minimum Gasteiger partial charge on any atom is -0.508 e. The lowest BCUT2D eigenvalue weighted by atomic mass is 9.59. The highest BCUT2D eigenvalue weighted by Gasteiger charge is 2.48. The Kier molecular flexibility index (Phi) is 3.88. The van der Waals surface area contributed by atoms with Crippen LogP contribution in [0.5, 0.6) is 5.75 Å². The first kappa shape index (κ1) is 15.7. The maximum Gasteiger partial charge on any atom is 0.115 e. The van der Waals surface area contributed by atoms with Crippen LogP contribution >= 0.6 is 0 Å². The average molecular weight is 321 g/mol. The van der Waals surface area contributed by atoms with E-state index in [1.165, 1.54) is 23.1 Å². The lowest BCUT2D eigenvalue weighted by molar-refractivity contribution is 0.0322. The first-order chi connectivity index (χ1) is 11.6. The molecule has 0 aromatic heterocycles. The number of rotatable bonds is 3. The Labute approximate surface area is 145 Å². The van der Waals surface area contributed by atoms with Gasteiger partial charge in [0.25, 0.3) is 0 Å². The molecule has 2 aromatic rings. The molecule has 0 saturated carbocycles. The zero-order chi connectivity index (χ0) is 16.7. The van der Waals surface area contributed by atoms with Crippen molar-refractivity contribution in [3.63, 3.8) is 0 Å². The van der Waals surface area contributed by atoms with Gasteiger partial charge in [-0.25, -0.2) is 0 Å². The Balaban J connectivity index is 1.57. The van der Waals surface area contributed by atoms with Crippen LogP contribution in [0.2, 0.25) is 0 Å². The van der Waals surface area contributed by atoms with E-state index in [2.05, 4.69) is 55.1 Å². The summed E-state index contributed by atoms with van der Waals surface area (Å²) in [6.45, 7) is 7.11. The molecule has 0 amide bonds. The molecule has 3 atom stereocenters. The van der Waals surface area contributed by atoms with Gasteiger partial charge in [0.1, 0.15) is 5.75 Å². The largest absolute Gasteiger partial charge is 0.508 e. The Morgan fingerprint density at radius 3 is 2.75 bits per heavy atom. The van der Waals surface area contributed by atoms with Gasteiger partial charge in [0.15, 0.2) is 0 Å². The minimum atomic E-state index is 0.195. The van der Waals surface area contributed by atoms with Crippen LogP contribution in [0.15, 0.2) is 48.5 Å². The fourth-order valence-corrected chi connectivity index (χ4v) is 4.89. The average Bonchev–Trinajstić information content (AvgIpc) is 2.59. The molecule has 2 nitrogen and oxygen atoms in total. The second-order valence-corrected chi connectivity index (χ2v) is 7.84. The molecule has 1 saturated heterocycles. The van der Waals surface area contributed by atoms with Crippen LogP contribution in [0, 0.1) is 5.92 Å².